The second-order valence-electron chi connectivity index (χ2n) is 6.95. The zero-order chi connectivity index (χ0) is 20.5. The highest BCUT2D eigenvalue weighted by molar-refractivity contribution is 6.21. The number of amides is 2. The minimum absolute atomic E-state index is 0.0901. The summed E-state index contributed by atoms with van der Waals surface area (Å²) in [6.45, 7) is 1.88. The van der Waals surface area contributed by atoms with Gasteiger partial charge in [0.15, 0.2) is 0 Å². The van der Waals surface area contributed by atoms with E-state index in [4.69, 9.17) is 9.59 Å². The van der Waals surface area contributed by atoms with Gasteiger partial charge in [-0.1, -0.05) is 42.0 Å². The monoisotopic (exact) mass is 379 g/mol. The number of rotatable bonds is 4. The molecule has 1 aliphatic carbocycles. The molecule has 2 aliphatic rings. The van der Waals surface area contributed by atoms with Gasteiger partial charge in [0.2, 0.25) is 0 Å². The first-order valence-electron chi connectivity index (χ1n) is 8.60. The quantitative estimate of drug-likeness (QED) is 0.816. The average molecular weight is 379 g/mol. The molecule has 28 heavy (non-hydrogen) atoms. The molecular weight excluding hydrogens is 362 g/mol. The molecule has 2 atom stereocenters. The first-order chi connectivity index (χ1) is 13.4. The largest absolute Gasteiger partial charge is 0.481 e. The number of carboxylic acid groups (broad SMARTS) is 1. The number of imide groups is 1. The number of benzene rings is 2. The molecule has 1 heterocycles. The van der Waals surface area contributed by atoms with Gasteiger partial charge in [-0.3, -0.25) is 19.3 Å². The van der Waals surface area contributed by atoms with Gasteiger partial charge >= 0.3 is 12.1 Å². The smallest absolute Gasteiger partial charge is 0.373 e. The molecule has 2 amide bonds. The lowest BCUT2D eigenvalue weighted by Crippen LogP contribution is -2.39. The van der Waals surface area contributed by atoms with E-state index in [1.165, 1.54) is 0 Å². The van der Waals surface area contributed by atoms with E-state index in [1.807, 2.05) is 31.2 Å². The molecule has 0 saturated heterocycles. The minimum atomic E-state index is -1.09. The van der Waals surface area contributed by atoms with Gasteiger partial charge in [-0.25, -0.2) is 0 Å². The van der Waals surface area contributed by atoms with Crippen molar-refractivity contribution in [2.45, 2.75) is 19.3 Å². The number of carbonyl (C=O) groups is 3. The van der Waals surface area contributed by atoms with Crippen LogP contribution in [-0.4, -0.2) is 40.5 Å². The lowest BCUT2D eigenvalue weighted by Gasteiger charge is -2.20. The Morgan fingerprint density at radius 1 is 1.07 bits per heavy atom. The Balaban J connectivity index is 0.000000706. The van der Waals surface area contributed by atoms with Crippen molar-refractivity contribution in [3.63, 3.8) is 0 Å². The third-order valence-corrected chi connectivity index (χ3v) is 5.30. The molecular formula is C21H17NO6. The summed E-state index contributed by atoms with van der Waals surface area (Å²) in [4.78, 5) is 54.4. The van der Waals surface area contributed by atoms with Crippen LogP contribution in [-0.2, 0) is 14.4 Å². The molecule has 7 heteroatoms. The molecule has 4 rings (SSSR count). The van der Waals surface area contributed by atoms with Crippen LogP contribution in [0, 0.1) is 12.3 Å². The molecule has 142 valence electrons. The summed E-state index contributed by atoms with van der Waals surface area (Å²) >= 11 is 0. The lowest BCUT2D eigenvalue weighted by molar-refractivity contribution is -0.191. The Kier molecular flexibility index (Phi) is 4.94. The van der Waals surface area contributed by atoms with Gasteiger partial charge in [-0.05, 0) is 31.0 Å². The van der Waals surface area contributed by atoms with E-state index in [0.717, 1.165) is 16.0 Å². The number of aliphatic carboxylic acids is 1. The van der Waals surface area contributed by atoms with Crippen molar-refractivity contribution >= 4 is 23.9 Å². The topological polar surface area (TPSA) is 109 Å². The van der Waals surface area contributed by atoms with Crippen LogP contribution in [0.2, 0.25) is 0 Å². The summed E-state index contributed by atoms with van der Waals surface area (Å²) in [5.41, 5.74) is 1.64. The summed E-state index contributed by atoms with van der Waals surface area (Å²) in [6.07, 6.45) is 0.679. The number of fused-ring (bicyclic) bond motifs is 1. The molecule has 2 aromatic rings. The first kappa shape index (κ1) is 19.2. The summed E-state index contributed by atoms with van der Waals surface area (Å²) in [7, 11) is 0. The van der Waals surface area contributed by atoms with Crippen molar-refractivity contribution in [3.05, 3.63) is 70.8 Å². The molecule has 0 radical (unpaired) electrons. The number of hydrogen-bond donors (Lipinski definition) is 1. The summed E-state index contributed by atoms with van der Waals surface area (Å²) in [6, 6.07) is 14.4. The van der Waals surface area contributed by atoms with Crippen molar-refractivity contribution in [2.75, 3.05) is 6.54 Å². The average Bonchev–Trinajstić information content (AvgIpc) is 3.37. The van der Waals surface area contributed by atoms with Crippen LogP contribution in [0.1, 0.15) is 44.2 Å². The van der Waals surface area contributed by atoms with E-state index in [9.17, 15) is 19.5 Å². The van der Waals surface area contributed by atoms with Crippen molar-refractivity contribution < 1.29 is 29.1 Å². The van der Waals surface area contributed by atoms with Crippen LogP contribution in [0.25, 0.3) is 0 Å². The summed E-state index contributed by atoms with van der Waals surface area (Å²) in [5.74, 6) is -1.96. The maximum atomic E-state index is 12.5. The van der Waals surface area contributed by atoms with Gasteiger partial charge in [0.25, 0.3) is 11.8 Å². The van der Waals surface area contributed by atoms with Crippen LogP contribution in [0.15, 0.2) is 48.5 Å². The second kappa shape index (κ2) is 7.21. The fourth-order valence-electron chi connectivity index (χ4n) is 3.68. The number of carbonyl (C=O) groups excluding carboxylic acids is 4. The highest BCUT2D eigenvalue weighted by atomic mass is 16.4. The van der Waals surface area contributed by atoms with E-state index in [1.54, 1.807) is 24.3 Å². The highest BCUT2D eigenvalue weighted by Gasteiger charge is 2.63. The van der Waals surface area contributed by atoms with Crippen LogP contribution < -0.4 is 0 Å². The maximum Gasteiger partial charge on any atom is 0.373 e. The third-order valence-electron chi connectivity index (χ3n) is 5.30. The molecule has 7 nitrogen and oxygen atoms in total. The van der Waals surface area contributed by atoms with Crippen LogP contribution >= 0.6 is 0 Å². The lowest BCUT2D eigenvalue weighted by atomic mass is 9.97. The third kappa shape index (κ3) is 3.12. The highest BCUT2D eigenvalue weighted by Crippen LogP contribution is 2.60. The van der Waals surface area contributed by atoms with Crippen molar-refractivity contribution in [3.8, 4) is 0 Å². The Labute approximate surface area is 160 Å². The fourth-order valence-corrected chi connectivity index (χ4v) is 3.68. The zero-order valence-electron chi connectivity index (χ0n) is 15.0. The number of nitrogens with zero attached hydrogens (tertiary/aromatic N) is 1. The molecule has 2 aromatic carbocycles. The molecule has 1 fully saturated rings. The van der Waals surface area contributed by atoms with Gasteiger partial charge in [-0.15, -0.1) is 0 Å². The molecule has 1 aliphatic heterocycles. The van der Waals surface area contributed by atoms with Crippen molar-refractivity contribution in [1.82, 2.24) is 4.90 Å². The predicted molar refractivity (Wildman–Crippen MR) is 95.4 cm³/mol. The van der Waals surface area contributed by atoms with Gasteiger partial charge < -0.3 is 5.11 Å². The fraction of sp³-hybridized carbons (Fsp3) is 0.238. The molecule has 0 unspecified atom stereocenters. The normalized spacial score (nSPS) is 22.0. The maximum absolute atomic E-state index is 12.5. The van der Waals surface area contributed by atoms with Crippen LogP contribution in [0.5, 0.6) is 0 Å². The SMILES string of the molecule is Cc1ccc([C@H]2C[C@@]2(CN2C(=O)c3ccccc3C2=O)C(=O)O)cc1.O=C=O. The van der Waals surface area contributed by atoms with Gasteiger partial charge in [0.1, 0.15) is 0 Å². The molecule has 1 saturated carbocycles. The number of aryl methyl sites for hydroxylation is 1. The van der Waals surface area contributed by atoms with Crippen LogP contribution in [0.3, 0.4) is 0 Å². The van der Waals surface area contributed by atoms with Crippen molar-refractivity contribution in [1.29, 1.82) is 0 Å². The van der Waals surface area contributed by atoms with Crippen molar-refractivity contribution in [2.24, 2.45) is 5.41 Å². The summed E-state index contributed by atoms with van der Waals surface area (Å²) < 4.78 is 0. The molecule has 0 bridgehead atoms. The Hall–Kier alpha value is -3.57. The Morgan fingerprint density at radius 3 is 2.04 bits per heavy atom. The molecule has 1 N–H and O–H groups in total. The Morgan fingerprint density at radius 2 is 1.57 bits per heavy atom. The van der Waals surface area contributed by atoms with E-state index in [2.05, 4.69) is 0 Å². The van der Waals surface area contributed by atoms with E-state index < -0.39 is 23.2 Å². The summed E-state index contributed by atoms with van der Waals surface area (Å²) in [5, 5.41) is 9.79. The van der Waals surface area contributed by atoms with Gasteiger partial charge in [0.05, 0.1) is 16.5 Å². The van der Waals surface area contributed by atoms with Gasteiger partial charge in [0, 0.05) is 12.5 Å². The first-order valence-corrected chi connectivity index (χ1v) is 8.60. The zero-order valence-corrected chi connectivity index (χ0v) is 15.0. The van der Waals surface area contributed by atoms with Gasteiger partial charge in [-0.2, -0.15) is 9.59 Å². The molecule has 0 aromatic heterocycles. The number of carboxylic acids is 1. The second-order valence-corrected chi connectivity index (χ2v) is 6.95. The molecule has 0 spiro atoms. The van der Waals surface area contributed by atoms with E-state index >= 15 is 0 Å². The number of hydrogen-bond acceptors (Lipinski definition) is 5. The minimum Gasteiger partial charge on any atom is -0.481 e. The van der Waals surface area contributed by atoms with E-state index in [-0.39, 0.29) is 18.6 Å². The predicted octanol–water partition coefficient (Wildman–Crippen LogP) is 2.27. The van der Waals surface area contributed by atoms with E-state index in [0.29, 0.717) is 17.5 Å². The van der Waals surface area contributed by atoms with Crippen LogP contribution in [0.4, 0.5) is 0 Å². The Bertz CT molecular complexity index is 955. The standard InChI is InChI=1S/C20H17NO4.CO2/c1-12-6-8-13(9-7-12)16-10-20(16,19(24)25)11-21-17(22)14-4-2-3-5-15(14)18(21)23;2-1-3/h2-9,16H,10-11H2,1H3,(H,24,25);/t16-,20+;/m1./s1.